The fourth-order valence-electron chi connectivity index (χ4n) is 9.73. The van der Waals surface area contributed by atoms with Gasteiger partial charge >= 0.3 is 0 Å². The van der Waals surface area contributed by atoms with Crippen molar-refractivity contribution in [3.63, 3.8) is 0 Å². The molecule has 264 valence electrons. The van der Waals surface area contributed by atoms with Crippen LogP contribution in [0.3, 0.4) is 0 Å². The lowest BCUT2D eigenvalue weighted by Crippen LogP contribution is -1.96. The topological polar surface area (TPSA) is 22.8 Å². The fraction of sp³-hybridized carbons (Fsp3) is 0. The van der Waals surface area contributed by atoms with Crippen LogP contribution in [0.2, 0.25) is 0 Å². The maximum absolute atomic E-state index is 5.44. The molecule has 3 nitrogen and oxygen atoms in total. The van der Waals surface area contributed by atoms with Crippen molar-refractivity contribution < 1.29 is 0 Å². The highest BCUT2D eigenvalue weighted by molar-refractivity contribution is 7.25. The molecular formula is C53H31N3S. The standard InChI is InChI=1S/C53H31N3S/c1-2-14-33(15-3-1)55-44-24-12-9-18-37(44)40-30-31-45-50(52(40)55)49-42-22-10-13-25-46(42)57-53(49)56(45)34-28-26-32(27-29-34)51-48-39-20-7-5-17-36(39)35-16-4-6-19-38(35)47(48)41-21-8-11-23-43(41)54-51/h1-31H. The Hall–Kier alpha value is -7.27. The first kappa shape index (κ1) is 31.0. The Balaban J connectivity index is 1.11. The van der Waals surface area contributed by atoms with Gasteiger partial charge in [-0.05, 0) is 70.1 Å². The number of nitrogens with zero attached hydrogens (tertiary/aromatic N) is 3. The minimum atomic E-state index is 1.01. The summed E-state index contributed by atoms with van der Waals surface area (Å²) in [6, 6.07) is 68.6. The number of fused-ring (bicyclic) bond motifs is 17. The van der Waals surface area contributed by atoms with Gasteiger partial charge in [-0.1, -0.05) is 140 Å². The summed E-state index contributed by atoms with van der Waals surface area (Å²) < 4.78 is 6.25. The Morgan fingerprint density at radius 3 is 1.72 bits per heavy atom. The number of hydrogen-bond donors (Lipinski definition) is 0. The lowest BCUT2D eigenvalue weighted by Gasteiger charge is -2.16. The lowest BCUT2D eigenvalue weighted by atomic mass is 9.90. The molecule has 0 spiro atoms. The van der Waals surface area contributed by atoms with E-state index in [1.54, 1.807) is 0 Å². The second kappa shape index (κ2) is 11.6. The van der Waals surface area contributed by atoms with E-state index in [0.717, 1.165) is 28.1 Å². The minimum Gasteiger partial charge on any atom is -0.309 e. The van der Waals surface area contributed by atoms with Crippen molar-refractivity contribution in [2.24, 2.45) is 0 Å². The molecule has 4 aromatic heterocycles. The number of benzene rings is 9. The van der Waals surface area contributed by atoms with Gasteiger partial charge in [-0.25, -0.2) is 4.98 Å². The van der Waals surface area contributed by atoms with Crippen LogP contribution in [0.5, 0.6) is 0 Å². The van der Waals surface area contributed by atoms with E-state index in [0.29, 0.717) is 0 Å². The second-order valence-electron chi connectivity index (χ2n) is 15.0. The zero-order valence-electron chi connectivity index (χ0n) is 30.6. The summed E-state index contributed by atoms with van der Waals surface area (Å²) in [5.74, 6) is 0. The number of aromatic nitrogens is 3. The first-order valence-corrected chi connectivity index (χ1v) is 20.3. The molecule has 9 aromatic carbocycles. The molecule has 57 heavy (non-hydrogen) atoms. The fourth-order valence-corrected chi connectivity index (χ4v) is 11.0. The molecule has 4 heteroatoms. The van der Waals surface area contributed by atoms with Crippen molar-refractivity contribution in [1.82, 2.24) is 14.1 Å². The summed E-state index contributed by atoms with van der Waals surface area (Å²) in [4.78, 5) is 6.69. The highest BCUT2D eigenvalue weighted by Crippen LogP contribution is 2.48. The number of hydrogen-bond acceptors (Lipinski definition) is 2. The zero-order valence-corrected chi connectivity index (χ0v) is 31.5. The van der Waals surface area contributed by atoms with Crippen LogP contribution in [0, 0.1) is 0 Å². The van der Waals surface area contributed by atoms with E-state index in [2.05, 4.69) is 197 Å². The van der Waals surface area contributed by atoms with Gasteiger partial charge < -0.3 is 9.13 Å². The summed E-state index contributed by atoms with van der Waals surface area (Å²) in [6.07, 6.45) is 0. The first-order valence-electron chi connectivity index (χ1n) is 19.5. The third kappa shape index (κ3) is 4.22. The van der Waals surface area contributed by atoms with E-state index in [4.69, 9.17) is 4.98 Å². The second-order valence-corrected chi connectivity index (χ2v) is 16.1. The van der Waals surface area contributed by atoms with Crippen molar-refractivity contribution >= 4 is 108 Å². The van der Waals surface area contributed by atoms with Gasteiger partial charge in [0, 0.05) is 64.7 Å². The van der Waals surface area contributed by atoms with E-state index in [1.165, 1.54) is 90.7 Å². The van der Waals surface area contributed by atoms with E-state index >= 15 is 0 Å². The van der Waals surface area contributed by atoms with Crippen LogP contribution in [-0.4, -0.2) is 14.1 Å². The van der Waals surface area contributed by atoms with E-state index in [9.17, 15) is 0 Å². The molecule has 0 aliphatic carbocycles. The van der Waals surface area contributed by atoms with Crippen molar-refractivity contribution in [1.29, 1.82) is 0 Å². The van der Waals surface area contributed by atoms with Gasteiger partial charge in [-0.3, -0.25) is 0 Å². The molecule has 13 rings (SSSR count). The summed E-state index contributed by atoms with van der Waals surface area (Å²) in [7, 11) is 0. The van der Waals surface area contributed by atoms with Crippen LogP contribution in [0.25, 0.3) is 119 Å². The Bertz CT molecular complexity index is 3790. The van der Waals surface area contributed by atoms with Crippen LogP contribution in [-0.2, 0) is 0 Å². The Morgan fingerprint density at radius 1 is 0.351 bits per heavy atom. The zero-order chi connectivity index (χ0) is 37.2. The molecule has 0 aliphatic rings. The van der Waals surface area contributed by atoms with E-state index in [-0.39, 0.29) is 0 Å². The van der Waals surface area contributed by atoms with Crippen LogP contribution in [0.1, 0.15) is 0 Å². The van der Waals surface area contributed by atoms with Gasteiger partial charge in [0.25, 0.3) is 0 Å². The van der Waals surface area contributed by atoms with Gasteiger partial charge in [-0.2, -0.15) is 0 Å². The SMILES string of the molecule is c1ccc(-n2c3ccccc3c3ccc4c(c5c6ccccc6sc5n4-c4ccc(-c5nc6ccccc6c6c7ccccc7c7ccccc7c56)cc4)c32)cc1. The molecular weight excluding hydrogens is 711 g/mol. The molecule has 0 fully saturated rings. The van der Waals surface area contributed by atoms with Crippen molar-refractivity contribution in [2.45, 2.75) is 0 Å². The molecule has 0 N–H and O–H groups in total. The number of para-hydroxylation sites is 3. The highest BCUT2D eigenvalue weighted by atomic mass is 32.1. The molecule has 13 aromatic rings. The molecule has 0 bridgehead atoms. The summed E-state index contributed by atoms with van der Waals surface area (Å²) in [6.45, 7) is 0. The molecule has 0 radical (unpaired) electrons. The summed E-state index contributed by atoms with van der Waals surface area (Å²) >= 11 is 1.87. The number of thiophene rings is 1. The van der Waals surface area contributed by atoms with Crippen LogP contribution in [0.4, 0.5) is 0 Å². The summed E-state index contributed by atoms with van der Waals surface area (Å²) in [5.41, 5.74) is 9.07. The average molecular weight is 742 g/mol. The molecule has 0 amide bonds. The largest absolute Gasteiger partial charge is 0.309 e. The Morgan fingerprint density at radius 2 is 0.947 bits per heavy atom. The molecule has 0 atom stereocenters. The van der Waals surface area contributed by atoms with E-state index < -0.39 is 0 Å². The van der Waals surface area contributed by atoms with Gasteiger partial charge in [0.15, 0.2) is 0 Å². The minimum absolute atomic E-state index is 1.01. The van der Waals surface area contributed by atoms with Gasteiger partial charge in [-0.15, -0.1) is 11.3 Å². The third-order valence-electron chi connectivity index (χ3n) is 12.1. The molecule has 0 saturated heterocycles. The van der Waals surface area contributed by atoms with Gasteiger partial charge in [0.05, 0.1) is 27.8 Å². The van der Waals surface area contributed by atoms with E-state index in [1.807, 2.05) is 11.3 Å². The Kier molecular flexibility index (Phi) is 6.32. The van der Waals surface area contributed by atoms with Crippen molar-refractivity contribution in [2.75, 3.05) is 0 Å². The van der Waals surface area contributed by atoms with Gasteiger partial charge in [0.2, 0.25) is 0 Å². The Labute approximate surface area is 330 Å². The van der Waals surface area contributed by atoms with Crippen LogP contribution >= 0.6 is 11.3 Å². The summed E-state index contributed by atoms with van der Waals surface area (Å²) in [5, 5.41) is 15.1. The van der Waals surface area contributed by atoms with Crippen molar-refractivity contribution in [3.05, 3.63) is 188 Å². The number of rotatable bonds is 3. The monoisotopic (exact) mass is 741 g/mol. The number of pyridine rings is 1. The lowest BCUT2D eigenvalue weighted by molar-refractivity contribution is 1.18. The normalized spacial score (nSPS) is 12.2. The third-order valence-corrected chi connectivity index (χ3v) is 13.2. The van der Waals surface area contributed by atoms with Crippen molar-refractivity contribution in [3.8, 4) is 22.6 Å². The molecule has 0 saturated carbocycles. The predicted molar refractivity (Wildman–Crippen MR) is 244 cm³/mol. The highest BCUT2D eigenvalue weighted by Gasteiger charge is 2.24. The van der Waals surface area contributed by atoms with Gasteiger partial charge in [0.1, 0.15) is 4.83 Å². The smallest absolute Gasteiger partial charge is 0.109 e. The molecule has 4 heterocycles. The maximum atomic E-state index is 5.44. The molecule has 0 unspecified atom stereocenters. The average Bonchev–Trinajstić information content (AvgIpc) is 3.93. The first-order chi connectivity index (χ1) is 28.3. The maximum Gasteiger partial charge on any atom is 0.109 e. The van der Waals surface area contributed by atoms with Crippen LogP contribution in [0.15, 0.2) is 188 Å². The quantitative estimate of drug-likeness (QED) is 0.165. The predicted octanol–water partition coefficient (Wildman–Crippen LogP) is 14.8. The van der Waals surface area contributed by atoms with Crippen LogP contribution < -0.4 is 0 Å². The molecule has 0 aliphatic heterocycles.